The Morgan fingerprint density at radius 3 is 2.36 bits per heavy atom. The molecule has 0 saturated carbocycles. The molecule has 0 aliphatic heterocycles. The topological polar surface area (TPSA) is 69.4 Å². The molecule has 0 aromatic heterocycles. The fourth-order valence-electron chi connectivity index (χ4n) is 2.27. The van der Waals surface area contributed by atoms with Crippen molar-refractivity contribution in [2.75, 3.05) is 7.11 Å². The first-order chi connectivity index (χ1) is 10.4. The second-order valence-corrected chi connectivity index (χ2v) is 5.30. The van der Waals surface area contributed by atoms with Gasteiger partial charge in [-0.05, 0) is 48.7 Å². The molecule has 1 amide bonds. The van der Waals surface area contributed by atoms with Crippen molar-refractivity contribution in [3.63, 3.8) is 0 Å². The smallest absolute Gasteiger partial charge is 0.248 e. The van der Waals surface area contributed by atoms with Crippen LogP contribution in [-0.4, -0.2) is 18.8 Å². The summed E-state index contributed by atoms with van der Waals surface area (Å²) in [5.74, 6) is -0.232. The Bertz CT molecular complexity index is 735. The lowest BCUT2D eigenvalue weighted by Gasteiger charge is -2.10. The Balaban J connectivity index is 2.33. The number of ether oxygens (including phenoxy) is 1. The van der Waals surface area contributed by atoms with Crippen LogP contribution in [0.5, 0.6) is 5.75 Å². The van der Waals surface area contributed by atoms with E-state index >= 15 is 0 Å². The number of carbonyl (C=O) groups is 2. The maximum atomic E-state index is 12.5. The first-order valence-corrected chi connectivity index (χ1v) is 6.99. The van der Waals surface area contributed by atoms with Gasteiger partial charge in [0.25, 0.3) is 0 Å². The van der Waals surface area contributed by atoms with Gasteiger partial charge in [-0.3, -0.25) is 9.59 Å². The van der Waals surface area contributed by atoms with Crippen LogP contribution >= 0.6 is 0 Å². The Morgan fingerprint density at radius 2 is 1.77 bits per heavy atom. The second-order valence-electron chi connectivity index (χ2n) is 5.30. The number of carbonyl (C=O) groups excluding carboxylic acids is 2. The molecule has 0 fully saturated rings. The van der Waals surface area contributed by atoms with Crippen LogP contribution in [0.3, 0.4) is 0 Å². The Kier molecular flexibility index (Phi) is 4.61. The normalized spacial score (nSPS) is 10.3. The first-order valence-electron chi connectivity index (χ1n) is 6.99. The van der Waals surface area contributed by atoms with E-state index in [0.29, 0.717) is 16.9 Å². The van der Waals surface area contributed by atoms with Gasteiger partial charge in [-0.2, -0.15) is 0 Å². The summed E-state index contributed by atoms with van der Waals surface area (Å²) in [6.07, 6.45) is 0.250. The van der Waals surface area contributed by atoms with Gasteiger partial charge in [-0.1, -0.05) is 18.2 Å². The fraction of sp³-hybridized carbons (Fsp3) is 0.222. The van der Waals surface area contributed by atoms with Crippen molar-refractivity contribution in [2.24, 2.45) is 5.73 Å². The molecule has 2 aromatic carbocycles. The summed E-state index contributed by atoms with van der Waals surface area (Å²) in [6.45, 7) is 4.04. The molecule has 2 N–H and O–H groups in total. The number of methoxy groups -OCH3 is 1. The van der Waals surface area contributed by atoms with Crippen LogP contribution in [-0.2, 0) is 6.42 Å². The zero-order valence-corrected chi connectivity index (χ0v) is 13.0. The summed E-state index contributed by atoms with van der Waals surface area (Å²) < 4.78 is 5.21. The molecule has 0 unspecified atom stereocenters. The summed E-state index contributed by atoms with van der Waals surface area (Å²) in [4.78, 5) is 23.8. The van der Waals surface area contributed by atoms with E-state index in [4.69, 9.17) is 10.5 Å². The van der Waals surface area contributed by atoms with Gasteiger partial charge in [0.05, 0.1) is 12.7 Å². The summed E-state index contributed by atoms with van der Waals surface area (Å²) >= 11 is 0. The zero-order valence-electron chi connectivity index (χ0n) is 13.0. The minimum Gasteiger partial charge on any atom is -0.496 e. The fourth-order valence-corrected chi connectivity index (χ4v) is 2.27. The highest BCUT2D eigenvalue weighted by Crippen LogP contribution is 2.22. The van der Waals surface area contributed by atoms with Crippen LogP contribution in [0, 0.1) is 13.8 Å². The van der Waals surface area contributed by atoms with Gasteiger partial charge in [-0.15, -0.1) is 0 Å². The summed E-state index contributed by atoms with van der Waals surface area (Å²) in [6, 6.07) is 10.6. The molecule has 0 aliphatic rings. The molecule has 4 heteroatoms. The quantitative estimate of drug-likeness (QED) is 0.863. The molecule has 0 bridgehead atoms. The van der Waals surface area contributed by atoms with Crippen LogP contribution < -0.4 is 10.5 Å². The van der Waals surface area contributed by atoms with Crippen molar-refractivity contribution in [1.29, 1.82) is 0 Å². The molecule has 22 heavy (non-hydrogen) atoms. The minimum absolute atomic E-state index is 0.108. The van der Waals surface area contributed by atoms with Gasteiger partial charge < -0.3 is 10.5 Å². The monoisotopic (exact) mass is 297 g/mol. The highest BCUT2D eigenvalue weighted by Gasteiger charge is 2.15. The van der Waals surface area contributed by atoms with Crippen molar-refractivity contribution < 1.29 is 14.3 Å². The van der Waals surface area contributed by atoms with E-state index in [1.807, 2.05) is 32.0 Å². The number of benzene rings is 2. The standard InChI is InChI=1S/C18H19NO3/c1-11-4-5-13(8-12(11)2)9-16(20)15-10-14(18(19)21)6-7-17(15)22-3/h4-8,10H,9H2,1-3H3,(H2,19,21). The van der Waals surface area contributed by atoms with Crippen LogP contribution in [0.2, 0.25) is 0 Å². The van der Waals surface area contributed by atoms with Gasteiger partial charge >= 0.3 is 0 Å². The lowest BCUT2D eigenvalue weighted by molar-refractivity contribution is 0.0990. The largest absolute Gasteiger partial charge is 0.496 e. The SMILES string of the molecule is COc1ccc(C(N)=O)cc1C(=O)Cc1ccc(C)c(C)c1. The van der Waals surface area contributed by atoms with Gasteiger partial charge in [0, 0.05) is 12.0 Å². The van der Waals surface area contributed by atoms with Crippen LogP contribution in [0.1, 0.15) is 37.4 Å². The molecule has 114 valence electrons. The summed E-state index contributed by atoms with van der Waals surface area (Å²) in [5.41, 5.74) is 9.20. The maximum Gasteiger partial charge on any atom is 0.248 e. The third-order valence-electron chi connectivity index (χ3n) is 3.72. The van der Waals surface area contributed by atoms with Gasteiger partial charge in [0.15, 0.2) is 5.78 Å². The van der Waals surface area contributed by atoms with Gasteiger partial charge in [0.2, 0.25) is 5.91 Å². The predicted octanol–water partition coefficient (Wildman–Crippen LogP) is 2.84. The molecular formula is C18H19NO3. The van der Waals surface area contributed by atoms with Crippen molar-refractivity contribution in [2.45, 2.75) is 20.3 Å². The number of hydrogen-bond acceptors (Lipinski definition) is 3. The number of Topliss-reactive ketones (excluding diaryl/α,β-unsaturated/α-hetero) is 1. The number of hydrogen-bond donors (Lipinski definition) is 1. The first kappa shape index (κ1) is 15.8. The molecule has 0 spiro atoms. The number of amides is 1. The van der Waals surface area contributed by atoms with Crippen molar-refractivity contribution >= 4 is 11.7 Å². The highest BCUT2D eigenvalue weighted by molar-refractivity contribution is 6.03. The summed E-state index contributed by atoms with van der Waals surface area (Å²) in [7, 11) is 1.49. The Morgan fingerprint density at radius 1 is 1.05 bits per heavy atom. The van der Waals surface area contributed by atoms with Crippen molar-refractivity contribution in [1.82, 2.24) is 0 Å². The van der Waals surface area contributed by atoms with Crippen molar-refractivity contribution in [3.8, 4) is 5.75 Å². The van der Waals surface area contributed by atoms with Crippen LogP contribution in [0.15, 0.2) is 36.4 Å². The number of ketones is 1. The van der Waals surface area contributed by atoms with Crippen LogP contribution in [0.4, 0.5) is 0 Å². The Labute approximate surface area is 129 Å². The third kappa shape index (κ3) is 3.34. The average molecular weight is 297 g/mol. The molecule has 0 aliphatic carbocycles. The molecule has 2 aromatic rings. The second kappa shape index (κ2) is 6.43. The number of nitrogens with two attached hydrogens (primary N) is 1. The zero-order chi connectivity index (χ0) is 16.3. The van der Waals surface area contributed by atoms with Crippen LogP contribution in [0.25, 0.3) is 0 Å². The summed E-state index contributed by atoms with van der Waals surface area (Å²) in [5, 5.41) is 0. The average Bonchev–Trinajstić information content (AvgIpc) is 2.50. The molecular weight excluding hydrogens is 278 g/mol. The van der Waals surface area contributed by atoms with E-state index in [1.165, 1.54) is 18.7 Å². The highest BCUT2D eigenvalue weighted by atomic mass is 16.5. The molecule has 0 saturated heterocycles. The van der Waals surface area contributed by atoms with E-state index in [0.717, 1.165) is 11.1 Å². The van der Waals surface area contributed by atoms with E-state index in [2.05, 4.69) is 0 Å². The van der Waals surface area contributed by atoms with Gasteiger partial charge in [-0.25, -0.2) is 0 Å². The van der Waals surface area contributed by atoms with Crippen molar-refractivity contribution in [3.05, 3.63) is 64.2 Å². The molecule has 4 nitrogen and oxygen atoms in total. The predicted molar refractivity (Wildman–Crippen MR) is 85.5 cm³/mol. The molecule has 0 atom stereocenters. The Hall–Kier alpha value is -2.62. The number of primary amides is 1. The molecule has 0 heterocycles. The molecule has 0 radical (unpaired) electrons. The number of rotatable bonds is 5. The van der Waals surface area contributed by atoms with Gasteiger partial charge in [0.1, 0.15) is 5.75 Å². The molecule has 2 rings (SSSR count). The minimum atomic E-state index is -0.567. The lowest BCUT2D eigenvalue weighted by atomic mass is 9.98. The van der Waals surface area contributed by atoms with E-state index < -0.39 is 5.91 Å². The lowest BCUT2D eigenvalue weighted by Crippen LogP contribution is -2.13. The van der Waals surface area contributed by atoms with E-state index in [-0.39, 0.29) is 12.2 Å². The number of aryl methyl sites for hydroxylation is 2. The maximum absolute atomic E-state index is 12.5. The van der Waals surface area contributed by atoms with E-state index in [9.17, 15) is 9.59 Å². The van der Waals surface area contributed by atoms with E-state index in [1.54, 1.807) is 12.1 Å². The third-order valence-corrected chi connectivity index (χ3v) is 3.72.